The Morgan fingerprint density at radius 2 is 1.87 bits per heavy atom. The third kappa shape index (κ3) is 4.28. The van der Waals surface area contributed by atoms with E-state index in [-0.39, 0.29) is 11.9 Å². The number of nitrogens with one attached hydrogen (secondary N) is 1. The Morgan fingerprint density at radius 1 is 1.13 bits per heavy atom. The number of likely N-dealkylation sites (tertiary alicyclic amines) is 1. The Bertz CT molecular complexity index is 1070. The number of hydrogen-bond donors (Lipinski definition) is 1. The van der Waals surface area contributed by atoms with Gasteiger partial charge in [0.15, 0.2) is 0 Å². The molecule has 1 amide bonds. The first-order valence-electron chi connectivity index (χ1n) is 11.3. The molecule has 0 bridgehead atoms. The Balaban J connectivity index is 1.39. The highest BCUT2D eigenvalue weighted by molar-refractivity contribution is 6.06. The van der Waals surface area contributed by atoms with Crippen molar-refractivity contribution in [3.8, 4) is 5.75 Å². The van der Waals surface area contributed by atoms with Crippen LogP contribution >= 0.6 is 0 Å². The molecule has 1 aromatic heterocycles. The van der Waals surface area contributed by atoms with E-state index in [1.165, 1.54) is 31.2 Å². The molecule has 1 N–H and O–H groups in total. The second-order valence-electron chi connectivity index (χ2n) is 8.63. The minimum absolute atomic E-state index is 0.0155. The molecule has 1 aliphatic carbocycles. The minimum Gasteiger partial charge on any atom is -0.497 e. The normalized spacial score (nSPS) is 17.6. The molecule has 160 valence electrons. The molecule has 1 atom stereocenters. The summed E-state index contributed by atoms with van der Waals surface area (Å²) in [7, 11) is 1.68. The summed E-state index contributed by atoms with van der Waals surface area (Å²) < 4.78 is 5.32. The van der Waals surface area contributed by atoms with Gasteiger partial charge in [0.25, 0.3) is 5.91 Å². The molecule has 0 radical (unpaired) electrons. The molecule has 1 saturated heterocycles. The van der Waals surface area contributed by atoms with E-state index in [1.807, 2.05) is 42.5 Å². The highest BCUT2D eigenvalue weighted by Crippen LogP contribution is 2.40. The van der Waals surface area contributed by atoms with Crippen molar-refractivity contribution >= 4 is 16.8 Å². The number of ether oxygens (including phenoxy) is 1. The zero-order valence-corrected chi connectivity index (χ0v) is 18.0. The molecular formula is C26H29N3O2. The number of rotatable bonds is 7. The van der Waals surface area contributed by atoms with Crippen molar-refractivity contribution in [2.24, 2.45) is 0 Å². The number of carbonyl (C=O) groups excluding carboxylic acids is 1. The van der Waals surface area contributed by atoms with Crippen LogP contribution in [-0.2, 0) is 0 Å². The van der Waals surface area contributed by atoms with E-state index in [0.29, 0.717) is 12.5 Å². The highest BCUT2D eigenvalue weighted by atomic mass is 16.5. The molecular weight excluding hydrogens is 386 g/mol. The number of amides is 1. The van der Waals surface area contributed by atoms with Gasteiger partial charge in [0.2, 0.25) is 0 Å². The quantitative estimate of drug-likeness (QED) is 0.608. The molecule has 5 nitrogen and oxygen atoms in total. The number of methoxy groups -OCH3 is 1. The maximum Gasteiger partial charge on any atom is 0.252 e. The van der Waals surface area contributed by atoms with E-state index in [2.05, 4.69) is 22.3 Å². The van der Waals surface area contributed by atoms with Gasteiger partial charge in [-0.15, -0.1) is 0 Å². The minimum atomic E-state index is -0.0155. The predicted octanol–water partition coefficient (Wildman–Crippen LogP) is 4.69. The molecule has 2 aromatic carbocycles. The van der Waals surface area contributed by atoms with Crippen LogP contribution in [0.5, 0.6) is 5.75 Å². The first-order chi connectivity index (χ1) is 15.2. The van der Waals surface area contributed by atoms with Crippen LogP contribution in [0.15, 0.2) is 54.6 Å². The second-order valence-corrected chi connectivity index (χ2v) is 8.63. The van der Waals surface area contributed by atoms with Gasteiger partial charge in [0, 0.05) is 23.5 Å². The first kappa shape index (κ1) is 20.0. The first-order valence-corrected chi connectivity index (χ1v) is 11.3. The largest absolute Gasteiger partial charge is 0.497 e. The van der Waals surface area contributed by atoms with E-state index in [1.54, 1.807) is 7.11 Å². The number of benzene rings is 2. The number of aromatic nitrogens is 1. The third-order valence-electron chi connectivity index (χ3n) is 6.51. The van der Waals surface area contributed by atoms with Gasteiger partial charge in [-0.05, 0) is 68.6 Å². The van der Waals surface area contributed by atoms with Crippen LogP contribution in [0.25, 0.3) is 10.9 Å². The van der Waals surface area contributed by atoms with Gasteiger partial charge < -0.3 is 10.1 Å². The Kier molecular flexibility index (Phi) is 5.60. The molecule has 2 fully saturated rings. The van der Waals surface area contributed by atoms with Gasteiger partial charge in [-0.25, -0.2) is 0 Å². The smallest absolute Gasteiger partial charge is 0.252 e. The lowest BCUT2D eigenvalue weighted by Crippen LogP contribution is -2.37. The van der Waals surface area contributed by atoms with Gasteiger partial charge in [-0.1, -0.05) is 30.3 Å². The van der Waals surface area contributed by atoms with E-state index in [0.717, 1.165) is 41.0 Å². The third-order valence-corrected chi connectivity index (χ3v) is 6.51. The average Bonchev–Trinajstić information content (AvgIpc) is 3.54. The van der Waals surface area contributed by atoms with Crippen molar-refractivity contribution in [1.82, 2.24) is 15.2 Å². The Labute approximate surface area is 183 Å². The highest BCUT2D eigenvalue weighted by Gasteiger charge is 2.28. The van der Waals surface area contributed by atoms with Crippen molar-refractivity contribution in [3.63, 3.8) is 0 Å². The van der Waals surface area contributed by atoms with Gasteiger partial charge in [-0.3, -0.25) is 14.7 Å². The van der Waals surface area contributed by atoms with Crippen LogP contribution in [-0.4, -0.2) is 42.5 Å². The van der Waals surface area contributed by atoms with Crippen LogP contribution in [0.2, 0.25) is 0 Å². The lowest BCUT2D eigenvalue weighted by atomic mass is 10.0. The maximum absolute atomic E-state index is 13.3. The molecule has 5 rings (SSSR count). The lowest BCUT2D eigenvalue weighted by molar-refractivity contribution is 0.0939. The summed E-state index contributed by atoms with van der Waals surface area (Å²) in [5.41, 5.74) is 3.90. The standard InChI is InChI=1S/C26H29N3O2/c1-31-20-12-10-19(11-13-20)25(29-14-4-5-15-29)17-27-26(30)22-16-24(18-8-9-18)28-23-7-3-2-6-21(22)23/h2-3,6-7,10-13,16,18,25H,4-5,8-9,14-15,17H2,1H3,(H,27,30). The summed E-state index contributed by atoms with van der Waals surface area (Å²) in [6.07, 6.45) is 4.75. The predicted molar refractivity (Wildman–Crippen MR) is 123 cm³/mol. The molecule has 1 aliphatic heterocycles. The maximum atomic E-state index is 13.3. The van der Waals surface area contributed by atoms with Crippen LogP contribution in [0, 0.1) is 0 Å². The number of carbonyl (C=O) groups is 1. The topological polar surface area (TPSA) is 54.5 Å². The number of hydrogen-bond acceptors (Lipinski definition) is 4. The molecule has 2 aliphatic rings. The zero-order valence-electron chi connectivity index (χ0n) is 18.0. The van der Waals surface area contributed by atoms with Crippen LogP contribution in [0.3, 0.4) is 0 Å². The van der Waals surface area contributed by atoms with Gasteiger partial charge >= 0.3 is 0 Å². The summed E-state index contributed by atoms with van der Waals surface area (Å²) in [6.45, 7) is 2.72. The van der Waals surface area contributed by atoms with E-state index in [9.17, 15) is 4.79 Å². The fraction of sp³-hybridized carbons (Fsp3) is 0.385. The van der Waals surface area contributed by atoms with E-state index in [4.69, 9.17) is 9.72 Å². The SMILES string of the molecule is COc1ccc(C(CNC(=O)c2cc(C3CC3)nc3ccccc23)N2CCCC2)cc1. The van der Waals surface area contributed by atoms with E-state index < -0.39 is 0 Å². The van der Waals surface area contributed by atoms with Crippen LogP contribution in [0.4, 0.5) is 0 Å². The molecule has 1 saturated carbocycles. The lowest BCUT2D eigenvalue weighted by Gasteiger charge is -2.28. The van der Waals surface area contributed by atoms with Gasteiger partial charge in [0.05, 0.1) is 24.2 Å². The molecule has 0 spiro atoms. The summed E-state index contributed by atoms with van der Waals surface area (Å²) in [4.78, 5) is 20.6. The fourth-order valence-corrected chi connectivity index (χ4v) is 4.59. The zero-order chi connectivity index (χ0) is 21.2. The summed E-state index contributed by atoms with van der Waals surface area (Å²) in [5, 5.41) is 4.16. The molecule has 31 heavy (non-hydrogen) atoms. The second kappa shape index (κ2) is 8.67. The molecule has 1 unspecified atom stereocenters. The summed E-state index contributed by atoms with van der Waals surface area (Å²) in [6, 6.07) is 18.3. The summed E-state index contributed by atoms with van der Waals surface area (Å²) >= 11 is 0. The Morgan fingerprint density at radius 3 is 2.58 bits per heavy atom. The monoisotopic (exact) mass is 415 g/mol. The van der Waals surface area contributed by atoms with Crippen molar-refractivity contribution in [1.29, 1.82) is 0 Å². The van der Waals surface area contributed by atoms with Crippen molar-refractivity contribution in [3.05, 3.63) is 71.4 Å². The number of pyridine rings is 1. The van der Waals surface area contributed by atoms with Crippen molar-refractivity contribution < 1.29 is 9.53 Å². The molecule has 2 heterocycles. The number of nitrogens with zero attached hydrogens (tertiary/aromatic N) is 2. The van der Waals surface area contributed by atoms with Crippen molar-refractivity contribution in [2.45, 2.75) is 37.6 Å². The fourth-order valence-electron chi connectivity index (χ4n) is 4.59. The molecule has 3 aromatic rings. The van der Waals surface area contributed by atoms with Crippen LogP contribution < -0.4 is 10.1 Å². The number of para-hydroxylation sites is 1. The number of fused-ring (bicyclic) bond motifs is 1. The average molecular weight is 416 g/mol. The van der Waals surface area contributed by atoms with Gasteiger partial charge in [0.1, 0.15) is 5.75 Å². The Hall–Kier alpha value is -2.92. The summed E-state index contributed by atoms with van der Waals surface area (Å²) in [5.74, 6) is 1.34. The van der Waals surface area contributed by atoms with Crippen LogP contribution in [0.1, 0.15) is 59.3 Å². The van der Waals surface area contributed by atoms with E-state index >= 15 is 0 Å². The molecule has 5 heteroatoms. The van der Waals surface area contributed by atoms with Gasteiger partial charge in [-0.2, -0.15) is 0 Å². The van der Waals surface area contributed by atoms with Crippen molar-refractivity contribution in [2.75, 3.05) is 26.7 Å².